The van der Waals surface area contributed by atoms with Crippen molar-refractivity contribution in [2.75, 3.05) is 13.2 Å². The summed E-state index contributed by atoms with van der Waals surface area (Å²) in [5.41, 5.74) is 2.27. The number of carbonyl (C=O) groups is 1. The van der Waals surface area contributed by atoms with Gasteiger partial charge in [0.15, 0.2) is 0 Å². The number of nitrogens with zero attached hydrogens (tertiary/aromatic N) is 3. The molecule has 0 radical (unpaired) electrons. The van der Waals surface area contributed by atoms with Crippen LogP contribution in [0, 0.1) is 5.92 Å². The molecule has 2 aliphatic heterocycles. The number of hydrogen-bond donors (Lipinski definition) is 2. The number of fused-ring (bicyclic) bond motifs is 1. The van der Waals surface area contributed by atoms with Crippen molar-refractivity contribution in [3.8, 4) is 0 Å². The van der Waals surface area contributed by atoms with Gasteiger partial charge in [-0.25, -0.2) is 4.68 Å². The lowest BCUT2D eigenvalue weighted by Crippen LogP contribution is -2.44. The van der Waals surface area contributed by atoms with Crippen LogP contribution in [0.1, 0.15) is 59.8 Å². The number of hydrogen-bond acceptors (Lipinski definition) is 6. The minimum Gasteiger partial charge on any atom is -0.392 e. The molecule has 8 nitrogen and oxygen atoms in total. The van der Waals surface area contributed by atoms with Gasteiger partial charge < -0.3 is 19.9 Å². The quantitative estimate of drug-likeness (QED) is 0.733. The molecular weight excluding hydrogens is 396 g/mol. The largest absolute Gasteiger partial charge is 0.392 e. The monoisotopic (exact) mass is 426 g/mol. The average Bonchev–Trinajstić information content (AvgIpc) is 3.52. The third kappa shape index (κ3) is 4.37. The standard InChI is InChI=1S/C23H30N4O4/c28-12-16-7-4-8-17(9-16)23(29)24-19-13-30-22-20(14-31-21(19)22)27-11-18(25-26-27)10-15-5-2-1-3-6-15/h4,7-9,11,15,19-22,28H,1-3,5-6,10,12-14H2,(H,24,29). The summed E-state index contributed by atoms with van der Waals surface area (Å²) in [6.07, 6.45) is 9.25. The highest BCUT2D eigenvalue weighted by molar-refractivity contribution is 5.94. The van der Waals surface area contributed by atoms with Crippen LogP contribution in [-0.4, -0.2) is 57.5 Å². The summed E-state index contributed by atoms with van der Waals surface area (Å²) in [4.78, 5) is 12.7. The second-order valence-corrected chi connectivity index (χ2v) is 9.00. The summed E-state index contributed by atoms with van der Waals surface area (Å²) >= 11 is 0. The van der Waals surface area contributed by atoms with Crippen LogP contribution < -0.4 is 5.32 Å². The number of benzene rings is 1. The average molecular weight is 427 g/mol. The van der Waals surface area contributed by atoms with Crippen LogP contribution in [0.2, 0.25) is 0 Å². The Labute approximate surface area is 181 Å². The molecule has 2 aromatic rings. The first-order valence-electron chi connectivity index (χ1n) is 11.4. The molecule has 4 unspecified atom stereocenters. The molecule has 4 atom stereocenters. The van der Waals surface area contributed by atoms with Crippen molar-refractivity contribution in [3.05, 3.63) is 47.3 Å². The van der Waals surface area contributed by atoms with Gasteiger partial charge in [-0.15, -0.1) is 5.10 Å². The van der Waals surface area contributed by atoms with Gasteiger partial charge in [-0.1, -0.05) is 49.5 Å². The number of carbonyl (C=O) groups excluding carboxylic acids is 1. The number of ether oxygens (including phenoxy) is 2. The zero-order valence-electron chi connectivity index (χ0n) is 17.7. The maximum Gasteiger partial charge on any atom is 0.251 e. The molecule has 1 aliphatic carbocycles. The van der Waals surface area contributed by atoms with Gasteiger partial charge in [0.1, 0.15) is 18.2 Å². The Bertz CT molecular complexity index is 910. The fourth-order valence-corrected chi connectivity index (χ4v) is 5.15. The molecule has 1 saturated carbocycles. The van der Waals surface area contributed by atoms with Crippen molar-refractivity contribution in [2.24, 2.45) is 5.92 Å². The van der Waals surface area contributed by atoms with E-state index in [4.69, 9.17) is 9.47 Å². The smallest absolute Gasteiger partial charge is 0.251 e. The van der Waals surface area contributed by atoms with E-state index in [2.05, 4.69) is 15.6 Å². The molecular formula is C23H30N4O4. The van der Waals surface area contributed by atoms with Gasteiger partial charge in [-0.05, 0) is 30.0 Å². The van der Waals surface area contributed by atoms with Gasteiger partial charge in [0, 0.05) is 11.8 Å². The highest BCUT2D eigenvalue weighted by Crippen LogP contribution is 2.34. The number of aliphatic hydroxyl groups is 1. The van der Waals surface area contributed by atoms with Crippen LogP contribution in [0.5, 0.6) is 0 Å². The normalized spacial score (nSPS) is 28.5. The summed E-state index contributed by atoms with van der Waals surface area (Å²) in [5.74, 6) is 0.533. The molecule has 5 rings (SSSR count). The number of aliphatic hydroxyl groups excluding tert-OH is 1. The first kappa shape index (κ1) is 20.6. The van der Waals surface area contributed by atoms with Crippen LogP contribution in [0.25, 0.3) is 0 Å². The summed E-state index contributed by atoms with van der Waals surface area (Å²) < 4.78 is 13.9. The van der Waals surface area contributed by atoms with Crippen LogP contribution in [0.4, 0.5) is 0 Å². The third-order valence-electron chi connectivity index (χ3n) is 6.84. The molecule has 0 bridgehead atoms. The Morgan fingerprint density at radius 1 is 1.16 bits per heavy atom. The maximum atomic E-state index is 12.7. The first-order valence-corrected chi connectivity index (χ1v) is 11.4. The summed E-state index contributed by atoms with van der Waals surface area (Å²) in [6.45, 7) is 0.804. The molecule has 1 amide bonds. The van der Waals surface area contributed by atoms with Gasteiger partial charge >= 0.3 is 0 Å². The van der Waals surface area contributed by atoms with Crippen LogP contribution in [0.15, 0.2) is 30.5 Å². The van der Waals surface area contributed by atoms with Crippen molar-refractivity contribution < 1.29 is 19.4 Å². The number of nitrogens with one attached hydrogen (secondary N) is 1. The lowest BCUT2D eigenvalue weighted by atomic mass is 9.86. The SMILES string of the molecule is O=C(NC1COC2C1OCC2n1cc(CC2CCCCC2)nn1)c1cccc(CO)c1. The van der Waals surface area contributed by atoms with Gasteiger partial charge in [-0.2, -0.15) is 0 Å². The zero-order chi connectivity index (χ0) is 21.2. The Morgan fingerprint density at radius 3 is 2.84 bits per heavy atom. The Hall–Kier alpha value is -2.29. The lowest BCUT2D eigenvalue weighted by Gasteiger charge is -2.20. The zero-order valence-corrected chi connectivity index (χ0v) is 17.7. The van der Waals surface area contributed by atoms with Crippen LogP contribution in [-0.2, 0) is 22.5 Å². The predicted octanol–water partition coefficient (Wildman–Crippen LogP) is 2.03. The van der Waals surface area contributed by atoms with E-state index in [-0.39, 0.29) is 36.8 Å². The van der Waals surface area contributed by atoms with Crippen molar-refractivity contribution in [1.29, 1.82) is 0 Å². The summed E-state index contributed by atoms with van der Waals surface area (Å²) in [5, 5.41) is 21.1. The molecule has 1 aromatic heterocycles. The van der Waals surface area contributed by atoms with Crippen LogP contribution in [0.3, 0.4) is 0 Å². The molecule has 3 heterocycles. The highest BCUT2D eigenvalue weighted by atomic mass is 16.6. The fraction of sp³-hybridized carbons (Fsp3) is 0.609. The Kier molecular flexibility index (Phi) is 6.02. The van der Waals surface area contributed by atoms with Crippen LogP contribution >= 0.6 is 0 Å². The van der Waals surface area contributed by atoms with Crippen molar-refractivity contribution in [1.82, 2.24) is 20.3 Å². The van der Waals surface area contributed by atoms with E-state index in [1.165, 1.54) is 32.1 Å². The minimum absolute atomic E-state index is 0.0303. The highest BCUT2D eigenvalue weighted by Gasteiger charge is 2.49. The molecule has 166 valence electrons. The molecule has 31 heavy (non-hydrogen) atoms. The topological polar surface area (TPSA) is 98.5 Å². The Balaban J connectivity index is 1.20. The summed E-state index contributed by atoms with van der Waals surface area (Å²) in [7, 11) is 0. The first-order chi connectivity index (χ1) is 15.2. The second kappa shape index (κ2) is 9.06. The van der Waals surface area contributed by atoms with Crippen molar-refractivity contribution in [3.63, 3.8) is 0 Å². The van der Waals surface area contributed by atoms with Crippen molar-refractivity contribution in [2.45, 2.75) is 69.4 Å². The number of rotatable bonds is 6. The molecule has 2 N–H and O–H groups in total. The van der Waals surface area contributed by atoms with Crippen molar-refractivity contribution >= 4 is 5.91 Å². The van der Waals surface area contributed by atoms with E-state index in [9.17, 15) is 9.90 Å². The summed E-state index contributed by atoms with van der Waals surface area (Å²) in [6, 6.07) is 6.75. The van der Waals surface area contributed by atoms with Gasteiger partial charge in [0.05, 0.1) is 31.6 Å². The van der Waals surface area contributed by atoms with Gasteiger partial charge in [0.2, 0.25) is 0 Å². The van der Waals surface area contributed by atoms with Gasteiger partial charge in [-0.3, -0.25) is 4.79 Å². The third-order valence-corrected chi connectivity index (χ3v) is 6.84. The molecule has 1 aromatic carbocycles. The number of aromatic nitrogens is 3. The van der Waals surface area contributed by atoms with E-state index >= 15 is 0 Å². The van der Waals surface area contributed by atoms with Gasteiger partial charge in [0.25, 0.3) is 5.91 Å². The lowest BCUT2D eigenvalue weighted by molar-refractivity contribution is 0.0613. The Morgan fingerprint density at radius 2 is 2.00 bits per heavy atom. The maximum absolute atomic E-state index is 12.7. The van der Waals surface area contributed by atoms with E-state index in [1.807, 2.05) is 10.9 Å². The fourth-order valence-electron chi connectivity index (χ4n) is 5.15. The van der Waals surface area contributed by atoms with E-state index in [1.54, 1.807) is 24.3 Å². The van der Waals surface area contributed by atoms with E-state index < -0.39 is 0 Å². The molecule has 0 spiro atoms. The molecule has 3 fully saturated rings. The second-order valence-electron chi connectivity index (χ2n) is 9.00. The number of amides is 1. The minimum atomic E-state index is -0.217. The van der Waals surface area contributed by atoms with E-state index in [0.29, 0.717) is 24.3 Å². The molecule has 2 saturated heterocycles. The predicted molar refractivity (Wildman–Crippen MR) is 112 cm³/mol. The molecule has 3 aliphatic rings. The molecule has 8 heteroatoms. The van der Waals surface area contributed by atoms with E-state index in [0.717, 1.165) is 18.0 Å².